The summed E-state index contributed by atoms with van der Waals surface area (Å²) in [5, 5.41) is 9.04. The van der Waals surface area contributed by atoms with Crippen LogP contribution in [0.1, 0.15) is 70.8 Å². The molecule has 0 radical (unpaired) electrons. The van der Waals surface area contributed by atoms with Crippen molar-refractivity contribution in [3.8, 4) is 17.2 Å². The number of rotatable bonds is 21. The normalized spacial score (nSPS) is 11.9. The van der Waals surface area contributed by atoms with Gasteiger partial charge in [-0.15, -0.1) is 0 Å². The van der Waals surface area contributed by atoms with E-state index < -0.39 is 12.3 Å². The Bertz CT molecular complexity index is 1090. The first-order chi connectivity index (χ1) is 22.2. The number of ether oxygens (including phenoxy) is 7. The second-order valence-corrected chi connectivity index (χ2v) is 10.9. The Hall–Kier alpha value is -4.32. The fraction of sp³-hybridized carbons (Fsp3) is 0.529. The molecule has 2 rings (SSSR count). The van der Waals surface area contributed by atoms with Gasteiger partial charge in [-0.1, -0.05) is 26.0 Å². The molecule has 0 heterocycles. The first-order valence-corrected chi connectivity index (χ1v) is 15.5. The highest BCUT2D eigenvalue weighted by Crippen LogP contribution is 2.18. The minimum Gasteiger partial charge on any atom is -0.497 e. The fourth-order valence-electron chi connectivity index (χ4n) is 3.96. The number of aliphatic hydroxyl groups is 1. The molecule has 2 unspecified atom stereocenters. The molecule has 0 fully saturated rings. The molecule has 0 aliphatic rings. The standard InChI is InChI=1S/C34H46O12/c1-25(18-22-43-33(38)45-29-10-8-27(24-35)9-11-29)16-20-41-31(36)6-4-5-7-32(37)42-21-17-26(2)19-23-44-34(39)46-30-14-12-28(40-3)13-15-30/h8-15,25-26,35H,4-7,16-24H2,1-3H3. The van der Waals surface area contributed by atoms with Gasteiger partial charge in [0.2, 0.25) is 0 Å². The number of hydrogen-bond donors (Lipinski definition) is 1. The lowest BCUT2D eigenvalue weighted by Gasteiger charge is -2.12. The predicted molar refractivity (Wildman–Crippen MR) is 166 cm³/mol. The molecule has 0 saturated heterocycles. The second-order valence-electron chi connectivity index (χ2n) is 10.9. The summed E-state index contributed by atoms with van der Waals surface area (Å²) < 4.78 is 36.0. The number of unbranched alkanes of at least 4 members (excludes halogenated alkanes) is 1. The van der Waals surface area contributed by atoms with Crippen LogP contribution in [0.5, 0.6) is 17.2 Å². The van der Waals surface area contributed by atoms with Gasteiger partial charge < -0.3 is 38.3 Å². The summed E-state index contributed by atoms with van der Waals surface area (Å²) in [5.41, 5.74) is 0.710. The fourth-order valence-corrected chi connectivity index (χ4v) is 3.96. The molecule has 0 spiro atoms. The minimum absolute atomic E-state index is 0.0919. The van der Waals surface area contributed by atoms with Crippen LogP contribution in [0.4, 0.5) is 9.59 Å². The maximum absolute atomic E-state index is 12.0. The lowest BCUT2D eigenvalue weighted by Crippen LogP contribution is -2.14. The van der Waals surface area contributed by atoms with E-state index in [2.05, 4.69) is 0 Å². The van der Waals surface area contributed by atoms with Gasteiger partial charge in [-0.25, -0.2) is 9.59 Å². The van der Waals surface area contributed by atoms with Crippen molar-refractivity contribution in [1.29, 1.82) is 0 Å². The van der Waals surface area contributed by atoms with Crippen LogP contribution in [-0.4, -0.2) is 62.9 Å². The van der Waals surface area contributed by atoms with E-state index in [1.54, 1.807) is 55.6 Å². The first kappa shape index (κ1) is 37.9. The second kappa shape index (κ2) is 22.2. The summed E-state index contributed by atoms with van der Waals surface area (Å²) in [5.74, 6) is 1.03. The van der Waals surface area contributed by atoms with Gasteiger partial charge in [-0.3, -0.25) is 9.59 Å². The molecule has 0 bridgehead atoms. The third kappa shape index (κ3) is 17.2. The number of methoxy groups -OCH3 is 1. The molecular formula is C34H46O12. The summed E-state index contributed by atoms with van der Waals surface area (Å²) in [6, 6.07) is 13.0. The molecule has 0 aromatic heterocycles. The van der Waals surface area contributed by atoms with Gasteiger partial charge in [0, 0.05) is 12.8 Å². The lowest BCUT2D eigenvalue weighted by atomic mass is 10.1. The molecule has 12 nitrogen and oxygen atoms in total. The zero-order valence-electron chi connectivity index (χ0n) is 26.9. The van der Waals surface area contributed by atoms with E-state index in [-0.39, 0.29) is 69.7 Å². The van der Waals surface area contributed by atoms with Crippen molar-refractivity contribution in [2.45, 2.75) is 71.8 Å². The van der Waals surface area contributed by atoms with Crippen LogP contribution in [0.3, 0.4) is 0 Å². The Labute approximate surface area is 270 Å². The van der Waals surface area contributed by atoms with Crippen LogP contribution in [-0.2, 0) is 35.1 Å². The SMILES string of the molecule is COc1ccc(OC(=O)OCCC(C)CCOC(=O)CCCCC(=O)OCCC(C)CCOC(=O)Oc2ccc(CO)cc2)cc1. The molecule has 0 amide bonds. The van der Waals surface area contributed by atoms with Crippen molar-refractivity contribution in [1.82, 2.24) is 0 Å². The van der Waals surface area contributed by atoms with Crippen LogP contribution in [0, 0.1) is 11.8 Å². The third-order valence-electron chi connectivity index (χ3n) is 6.99. The molecule has 254 valence electrons. The zero-order chi connectivity index (χ0) is 33.6. The molecule has 1 N–H and O–H groups in total. The van der Waals surface area contributed by atoms with Gasteiger partial charge in [-0.05, 0) is 92.3 Å². The summed E-state index contributed by atoms with van der Waals surface area (Å²) in [4.78, 5) is 47.6. The largest absolute Gasteiger partial charge is 0.513 e. The average Bonchev–Trinajstić information content (AvgIpc) is 3.04. The first-order valence-electron chi connectivity index (χ1n) is 15.5. The maximum Gasteiger partial charge on any atom is 0.513 e. The number of benzene rings is 2. The van der Waals surface area contributed by atoms with E-state index in [0.717, 1.165) is 0 Å². The Morgan fingerprint density at radius 2 is 0.957 bits per heavy atom. The lowest BCUT2D eigenvalue weighted by molar-refractivity contribution is -0.146. The molecule has 46 heavy (non-hydrogen) atoms. The van der Waals surface area contributed by atoms with Crippen molar-refractivity contribution in [2.75, 3.05) is 33.5 Å². The zero-order valence-corrected chi connectivity index (χ0v) is 26.9. The van der Waals surface area contributed by atoms with Crippen LogP contribution < -0.4 is 14.2 Å². The molecule has 2 atom stereocenters. The van der Waals surface area contributed by atoms with E-state index in [0.29, 0.717) is 61.3 Å². The summed E-state index contributed by atoms with van der Waals surface area (Å²) in [7, 11) is 1.55. The number of esters is 2. The smallest absolute Gasteiger partial charge is 0.497 e. The molecule has 0 saturated carbocycles. The van der Waals surface area contributed by atoms with Gasteiger partial charge in [-0.2, -0.15) is 0 Å². The van der Waals surface area contributed by atoms with Crippen LogP contribution >= 0.6 is 0 Å². The summed E-state index contributed by atoms with van der Waals surface area (Å²) in [6.07, 6.45) is 2.32. The van der Waals surface area contributed by atoms with Crippen molar-refractivity contribution in [3.63, 3.8) is 0 Å². The van der Waals surface area contributed by atoms with E-state index in [4.69, 9.17) is 38.3 Å². The topological polar surface area (TPSA) is 153 Å². The third-order valence-corrected chi connectivity index (χ3v) is 6.99. The van der Waals surface area contributed by atoms with Gasteiger partial charge in [0.15, 0.2) is 0 Å². The Morgan fingerprint density at radius 3 is 1.35 bits per heavy atom. The predicted octanol–water partition coefficient (Wildman–Crippen LogP) is 6.40. The molecule has 0 aliphatic carbocycles. The number of carbonyl (C=O) groups excluding carboxylic acids is 4. The van der Waals surface area contributed by atoms with Crippen molar-refractivity contribution >= 4 is 24.2 Å². The van der Waals surface area contributed by atoms with Crippen LogP contribution in [0.15, 0.2) is 48.5 Å². The Morgan fingerprint density at radius 1 is 0.587 bits per heavy atom. The van der Waals surface area contributed by atoms with Crippen LogP contribution in [0.25, 0.3) is 0 Å². The molecule has 2 aromatic rings. The Kier molecular flexibility index (Phi) is 18.3. The maximum atomic E-state index is 12.0. The summed E-state index contributed by atoms with van der Waals surface area (Å²) >= 11 is 0. The van der Waals surface area contributed by atoms with E-state index in [1.165, 1.54) is 0 Å². The Balaban J connectivity index is 1.41. The monoisotopic (exact) mass is 646 g/mol. The molecular weight excluding hydrogens is 600 g/mol. The minimum atomic E-state index is -0.804. The molecule has 2 aromatic carbocycles. The van der Waals surface area contributed by atoms with Gasteiger partial charge in [0.25, 0.3) is 0 Å². The van der Waals surface area contributed by atoms with Gasteiger partial charge in [0.05, 0.1) is 40.1 Å². The number of aliphatic hydroxyl groups excluding tert-OH is 1. The van der Waals surface area contributed by atoms with Gasteiger partial charge >= 0.3 is 24.2 Å². The van der Waals surface area contributed by atoms with Crippen LogP contribution in [0.2, 0.25) is 0 Å². The molecule has 0 aliphatic heterocycles. The van der Waals surface area contributed by atoms with Crippen molar-refractivity contribution < 1.29 is 57.4 Å². The number of carbonyl (C=O) groups is 4. The highest BCUT2D eigenvalue weighted by molar-refractivity contribution is 5.70. The molecule has 12 heteroatoms. The summed E-state index contributed by atoms with van der Waals surface area (Å²) in [6.45, 7) is 4.74. The van der Waals surface area contributed by atoms with E-state index in [1.807, 2.05) is 13.8 Å². The van der Waals surface area contributed by atoms with E-state index >= 15 is 0 Å². The van der Waals surface area contributed by atoms with Crippen molar-refractivity contribution in [2.24, 2.45) is 11.8 Å². The van der Waals surface area contributed by atoms with Gasteiger partial charge in [0.1, 0.15) is 17.2 Å². The quantitative estimate of drug-likeness (QED) is 0.0691. The van der Waals surface area contributed by atoms with Crippen molar-refractivity contribution in [3.05, 3.63) is 54.1 Å². The average molecular weight is 647 g/mol. The highest BCUT2D eigenvalue weighted by atomic mass is 16.7. The number of hydrogen-bond acceptors (Lipinski definition) is 12. The van der Waals surface area contributed by atoms with E-state index in [9.17, 15) is 19.2 Å². The highest BCUT2D eigenvalue weighted by Gasteiger charge is 2.12.